The van der Waals surface area contributed by atoms with E-state index in [0.29, 0.717) is 0 Å². The summed E-state index contributed by atoms with van der Waals surface area (Å²) in [6, 6.07) is 9.20. The van der Waals surface area contributed by atoms with Crippen molar-refractivity contribution in [3.05, 3.63) is 53.7 Å². The SMILES string of the molecule is Cc1ccccc1N1[C@@H](C)c2oc3nccn3c2C12C1CC3CC(C1)CC2C3. The van der Waals surface area contributed by atoms with Crippen molar-refractivity contribution >= 4 is 11.5 Å². The zero-order valence-electron chi connectivity index (χ0n) is 16.6. The van der Waals surface area contributed by atoms with Gasteiger partial charge in [-0.15, -0.1) is 0 Å². The normalized spacial score (nSPS) is 38.1. The number of aromatic nitrogens is 2. The van der Waals surface area contributed by atoms with E-state index in [1.807, 2.05) is 6.20 Å². The van der Waals surface area contributed by atoms with E-state index >= 15 is 0 Å². The molecule has 4 bridgehead atoms. The average Bonchev–Trinajstić information content (AvgIpc) is 3.32. The van der Waals surface area contributed by atoms with Gasteiger partial charge in [0.1, 0.15) is 0 Å². The van der Waals surface area contributed by atoms with Crippen molar-refractivity contribution in [1.82, 2.24) is 9.38 Å². The van der Waals surface area contributed by atoms with E-state index in [2.05, 4.69) is 58.6 Å². The van der Waals surface area contributed by atoms with E-state index in [1.165, 1.54) is 49.0 Å². The monoisotopic (exact) mass is 373 g/mol. The molecule has 4 aliphatic carbocycles. The first-order chi connectivity index (χ1) is 13.7. The summed E-state index contributed by atoms with van der Waals surface area (Å²) < 4.78 is 8.68. The van der Waals surface area contributed by atoms with Crippen LogP contribution in [-0.4, -0.2) is 9.38 Å². The van der Waals surface area contributed by atoms with Gasteiger partial charge in [0, 0.05) is 18.1 Å². The number of oxazole rings is 1. The molecule has 8 rings (SSSR count). The van der Waals surface area contributed by atoms with Crippen LogP contribution in [0.25, 0.3) is 5.84 Å². The number of imidazole rings is 1. The summed E-state index contributed by atoms with van der Waals surface area (Å²) in [5.41, 5.74) is 4.24. The Morgan fingerprint density at radius 2 is 1.75 bits per heavy atom. The molecular formula is C24H27N3O. The third-order valence-corrected chi connectivity index (χ3v) is 8.58. The molecule has 144 valence electrons. The van der Waals surface area contributed by atoms with Crippen LogP contribution < -0.4 is 4.90 Å². The van der Waals surface area contributed by atoms with Gasteiger partial charge in [-0.2, -0.15) is 0 Å². The van der Waals surface area contributed by atoms with E-state index in [0.717, 1.165) is 35.3 Å². The maximum atomic E-state index is 6.40. The maximum absolute atomic E-state index is 6.40. The number of hydrogen-bond donors (Lipinski definition) is 0. The molecule has 0 saturated heterocycles. The van der Waals surface area contributed by atoms with Gasteiger partial charge in [0.05, 0.1) is 17.3 Å². The summed E-state index contributed by atoms with van der Waals surface area (Å²) in [5.74, 6) is 5.24. The number of para-hydroxylation sites is 1. The van der Waals surface area contributed by atoms with Gasteiger partial charge in [-0.05, 0) is 81.3 Å². The molecule has 4 heteroatoms. The van der Waals surface area contributed by atoms with Gasteiger partial charge < -0.3 is 9.32 Å². The molecule has 1 atom stereocenters. The Morgan fingerprint density at radius 3 is 2.46 bits per heavy atom. The van der Waals surface area contributed by atoms with Crippen LogP contribution in [0.2, 0.25) is 0 Å². The second-order valence-electron chi connectivity index (χ2n) is 9.86. The summed E-state index contributed by atoms with van der Waals surface area (Å²) >= 11 is 0. The number of benzene rings is 1. The first-order valence-electron chi connectivity index (χ1n) is 11.0. The zero-order chi connectivity index (χ0) is 18.6. The van der Waals surface area contributed by atoms with Crippen LogP contribution in [0, 0.1) is 30.6 Å². The molecule has 4 fully saturated rings. The molecule has 3 heterocycles. The van der Waals surface area contributed by atoms with Crippen molar-refractivity contribution < 1.29 is 4.42 Å². The van der Waals surface area contributed by atoms with Crippen LogP contribution in [0.5, 0.6) is 0 Å². The highest BCUT2D eigenvalue weighted by molar-refractivity contribution is 5.63. The predicted molar refractivity (Wildman–Crippen MR) is 108 cm³/mol. The van der Waals surface area contributed by atoms with Crippen LogP contribution >= 0.6 is 0 Å². The lowest BCUT2D eigenvalue weighted by Crippen LogP contribution is -2.62. The number of fused-ring (bicyclic) bond motifs is 3. The Hall–Kier alpha value is -2.23. The van der Waals surface area contributed by atoms with Crippen LogP contribution in [0.3, 0.4) is 0 Å². The zero-order valence-corrected chi connectivity index (χ0v) is 16.6. The molecule has 0 unspecified atom stereocenters. The van der Waals surface area contributed by atoms with Crippen LogP contribution in [0.4, 0.5) is 5.69 Å². The molecule has 1 aliphatic heterocycles. The molecular weight excluding hydrogens is 346 g/mol. The second kappa shape index (κ2) is 5.03. The minimum Gasteiger partial charge on any atom is -0.426 e. The van der Waals surface area contributed by atoms with E-state index in [4.69, 9.17) is 4.42 Å². The minimum atomic E-state index is 0.0558. The second-order valence-corrected chi connectivity index (χ2v) is 9.86. The van der Waals surface area contributed by atoms with E-state index < -0.39 is 0 Å². The van der Waals surface area contributed by atoms with E-state index in [-0.39, 0.29) is 11.6 Å². The maximum Gasteiger partial charge on any atom is 0.306 e. The Morgan fingerprint density at radius 1 is 1.04 bits per heavy atom. The van der Waals surface area contributed by atoms with Crippen molar-refractivity contribution in [2.24, 2.45) is 23.7 Å². The standard InChI is InChI=1S/C24H27N3O/c1-14-5-3-4-6-20(14)27-15(2)21-22(26-8-7-25-23(26)28-21)24(27)18-10-16-9-17(12-18)13-19(24)11-16/h3-8,15-19H,9-13H2,1-2H3/t15-,16?,17?,18?,19?,24?/m0/s1. The van der Waals surface area contributed by atoms with E-state index in [9.17, 15) is 0 Å². The van der Waals surface area contributed by atoms with E-state index in [1.54, 1.807) is 0 Å². The van der Waals surface area contributed by atoms with Crippen LogP contribution in [0.15, 0.2) is 41.1 Å². The molecule has 4 nitrogen and oxygen atoms in total. The minimum absolute atomic E-state index is 0.0558. The van der Waals surface area contributed by atoms with Gasteiger partial charge >= 0.3 is 5.84 Å². The fourth-order valence-electron chi connectivity index (χ4n) is 7.95. The third kappa shape index (κ3) is 1.64. The lowest BCUT2D eigenvalue weighted by atomic mass is 9.47. The van der Waals surface area contributed by atoms with Gasteiger partial charge in [-0.1, -0.05) is 18.2 Å². The third-order valence-electron chi connectivity index (χ3n) is 8.58. The number of hydrogen-bond acceptors (Lipinski definition) is 3. The Labute approximate surface area is 165 Å². The van der Waals surface area contributed by atoms with Crippen molar-refractivity contribution in [3.63, 3.8) is 0 Å². The van der Waals surface area contributed by atoms with Crippen molar-refractivity contribution in [2.45, 2.75) is 57.5 Å². The smallest absolute Gasteiger partial charge is 0.306 e. The lowest BCUT2D eigenvalue weighted by molar-refractivity contribution is -0.0623. The Balaban J connectivity index is 1.55. The highest BCUT2D eigenvalue weighted by Gasteiger charge is 2.66. The quantitative estimate of drug-likeness (QED) is 0.567. The molecule has 1 spiro atoms. The first-order valence-corrected chi connectivity index (χ1v) is 11.0. The fraction of sp³-hybridized carbons (Fsp3) is 0.542. The molecule has 5 aliphatic rings. The number of aryl methyl sites for hydroxylation is 1. The van der Waals surface area contributed by atoms with Crippen molar-refractivity contribution in [2.75, 3.05) is 4.90 Å². The molecule has 2 aromatic heterocycles. The summed E-state index contributed by atoms with van der Waals surface area (Å²) in [4.78, 5) is 7.29. The highest BCUT2D eigenvalue weighted by atomic mass is 16.4. The molecule has 3 aromatic rings. The van der Waals surface area contributed by atoms with Crippen molar-refractivity contribution in [3.8, 4) is 0 Å². The summed E-state index contributed by atoms with van der Waals surface area (Å²) in [6.45, 7) is 4.60. The average molecular weight is 374 g/mol. The lowest BCUT2D eigenvalue weighted by Gasteiger charge is -2.63. The van der Waals surface area contributed by atoms with Gasteiger partial charge in [0.15, 0.2) is 5.76 Å². The topological polar surface area (TPSA) is 33.7 Å². The largest absolute Gasteiger partial charge is 0.426 e. The van der Waals surface area contributed by atoms with Gasteiger partial charge in [0.2, 0.25) is 0 Å². The fourth-order valence-corrected chi connectivity index (χ4v) is 7.95. The van der Waals surface area contributed by atoms with Crippen molar-refractivity contribution in [1.29, 1.82) is 0 Å². The molecule has 4 saturated carbocycles. The molecule has 0 radical (unpaired) electrons. The predicted octanol–water partition coefficient (Wildman–Crippen LogP) is 5.47. The number of nitrogens with zero attached hydrogens (tertiary/aromatic N) is 3. The van der Waals surface area contributed by atoms with Gasteiger partial charge in [-0.25, -0.2) is 4.98 Å². The molecule has 1 aromatic carbocycles. The molecule has 0 N–H and O–H groups in total. The molecule has 0 amide bonds. The Kier molecular flexibility index (Phi) is 2.81. The summed E-state index contributed by atoms with van der Waals surface area (Å²) in [5, 5.41) is 0. The van der Waals surface area contributed by atoms with Crippen LogP contribution in [0.1, 0.15) is 62.1 Å². The number of anilines is 1. The number of rotatable bonds is 1. The summed E-state index contributed by atoms with van der Waals surface area (Å²) in [6.07, 6.45) is 11.0. The summed E-state index contributed by atoms with van der Waals surface area (Å²) in [7, 11) is 0. The van der Waals surface area contributed by atoms with Gasteiger partial charge in [0.25, 0.3) is 0 Å². The highest BCUT2D eigenvalue weighted by Crippen LogP contribution is 2.69. The van der Waals surface area contributed by atoms with Crippen LogP contribution in [-0.2, 0) is 5.54 Å². The molecule has 28 heavy (non-hydrogen) atoms. The van der Waals surface area contributed by atoms with Gasteiger partial charge in [-0.3, -0.25) is 4.40 Å². The first kappa shape index (κ1) is 15.7. The Bertz CT molecular complexity index is 1060.